The van der Waals surface area contributed by atoms with E-state index in [1.807, 2.05) is 32.9 Å². The number of aliphatic hydroxyl groups excluding tert-OH is 1. The quantitative estimate of drug-likeness (QED) is 0.235. The summed E-state index contributed by atoms with van der Waals surface area (Å²) >= 11 is 0. The maximum absolute atomic E-state index is 13.9. The van der Waals surface area contributed by atoms with E-state index in [0.29, 0.717) is 43.3 Å². The van der Waals surface area contributed by atoms with E-state index in [9.17, 15) is 23.1 Å². The number of rotatable bonds is 16. The molecule has 0 saturated carbocycles. The maximum atomic E-state index is 13.9. The average Bonchev–Trinajstić information content (AvgIpc) is 3.81. The fraction of sp³-hybridized carbons (Fsp3) is 0.588. The minimum atomic E-state index is -4.08. The molecule has 0 aliphatic carbocycles. The molecule has 0 bridgehead atoms. The molecule has 3 N–H and O–H groups in total. The van der Waals surface area contributed by atoms with E-state index in [1.165, 1.54) is 23.4 Å². The molecular formula is C34H47N3O11S. The Morgan fingerprint density at radius 3 is 2.51 bits per heavy atom. The maximum Gasteiger partial charge on any atom is 0.407 e. The van der Waals surface area contributed by atoms with Gasteiger partial charge in [-0.2, -0.15) is 4.31 Å². The molecular weight excluding hydrogens is 658 g/mol. The van der Waals surface area contributed by atoms with Gasteiger partial charge in [0.2, 0.25) is 22.7 Å². The van der Waals surface area contributed by atoms with Crippen LogP contribution in [0.5, 0.6) is 17.2 Å². The van der Waals surface area contributed by atoms with E-state index in [2.05, 4.69) is 10.6 Å². The Hall–Kier alpha value is -3.63. The molecule has 15 heteroatoms. The van der Waals surface area contributed by atoms with Crippen molar-refractivity contribution in [3.63, 3.8) is 0 Å². The first-order valence-corrected chi connectivity index (χ1v) is 18.1. The molecule has 2 fully saturated rings. The number of amides is 2. The molecule has 2 amide bonds. The van der Waals surface area contributed by atoms with Crippen LogP contribution in [0.25, 0.3) is 0 Å². The number of hydrogen-bond donors (Lipinski definition) is 3. The van der Waals surface area contributed by atoms with Crippen molar-refractivity contribution in [3.05, 3.63) is 48.0 Å². The number of carbonyl (C=O) groups excluding carboxylic acids is 2. The van der Waals surface area contributed by atoms with Crippen molar-refractivity contribution in [1.82, 2.24) is 14.9 Å². The third-order valence-corrected chi connectivity index (χ3v) is 10.5. The van der Waals surface area contributed by atoms with Crippen LogP contribution in [-0.4, -0.2) is 100 Å². The Bertz CT molecular complexity index is 1540. The molecule has 270 valence electrons. The van der Waals surface area contributed by atoms with Crippen molar-refractivity contribution < 1.29 is 51.5 Å². The summed E-state index contributed by atoms with van der Waals surface area (Å²) in [5, 5.41) is 17.3. The summed E-state index contributed by atoms with van der Waals surface area (Å²) in [4.78, 5) is 24.7. The Labute approximate surface area is 287 Å². The Kier molecular flexibility index (Phi) is 12.3. The minimum Gasteiger partial charge on any atom is -0.491 e. The van der Waals surface area contributed by atoms with Gasteiger partial charge in [-0.3, -0.25) is 4.79 Å². The fourth-order valence-corrected chi connectivity index (χ4v) is 7.71. The average molecular weight is 706 g/mol. The van der Waals surface area contributed by atoms with E-state index in [1.54, 1.807) is 18.2 Å². The van der Waals surface area contributed by atoms with E-state index in [0.717, 1.165) is 5.56 Å². The van der Waals surface area contributed by atoms with Gasteiger partial charge < -0.3 is 44.2 Å². The summed E-state index contributed by atoms with van der Waals surface area (Å²) in [5.41, 5.74) is 0.757. The Morgan fingerprint density at radius 1 is 1.04 bits per heavy atom. The molecule has 2 aromatic carbocycles. The Balaban J connectivity index is 1.32. The third kappa shape index (κ3) is 9.54. The zero-order valence-corrected chi connectivity index (χ0v) is 29.1. The summed E-state index contributed by atoms with van der Waals surface area (Å²) in [5.74, 6) is 1.09. The summed E-state index contributed by atoms with van der Waals surface area (Å²) in [6.07, 6.45) is -1.41. The predicted molar refractivity (Wildman–Crippen MR) is 177 cm³/mol. The van der Waals surface area contributed by atoms with E-state index >= 15 is 0 Å². The van der Waals surface area contributed by atoms with Gasteiger partial charge in [0.25, 0.3) is 0 Å². The van der Waals surface area contributed by atoms with Crippen LogP contribution in [0.4, 0.5) is 4.79 Å². The largest absolute Gasteiger partial charge is 0.491 e. The number of nitrogens with zero attached hydrogens (tertiary/aromatic N) is 1. The molecule has 0 radical (unpaired) electrons. The van der Waals surface area contributed by atoms with Crippen LogP contribution in [-0.2, 0) is 35.4 Å². The van der Waals surface area contributed by atoms with Crippen molar-refractivity contribution in [1.29, 1.82) is 0 Å². The van der Waals surface area contributed by atoms with Crippen molar-refractivity contribution in [2.75, 3.05) is 39.7 Å². The second kappa shape index (κ2) is 16.4. The molecule has 5 rings (SSSR count). The standard InChI is InChI=1S/C34H47N3O11S/c1-5-24(35-22(4)38)18-44-25-8-6-23(7-9-25)14-28(36-34(40)48-32-19-45-33-27(32)12-13-43-33)29(39)17-37(16-21(2)3)49(41,42)26-10-11-30-31(15-26)47-20-46-30/h6-11,15,21,24,27-29,32-33,39H,5,12-14,16-20H2,1-4H3,(H,35,38)(H,36,40)/t24?,27-,28-,29+,32-,33+/m0/s1. The van der Waals surface area contributed by atoms with Crippen LogP contribution in [0.15, 0.2) is 47.4 Å². The number of carbonyl (C=O) groups is 2. The monoisotopic (exact) mass is 705 g/mol. The molecule has 3 aliphatic rings. The van der Waals surface area contributed by atoms with Crippen molar-refractivity contribution in [2.45, 2.75) is 82.4 Å². The second-order valence-electron chi connectivity index (χ2n) is 13.0. The van der Waals surface area contributed by atoms with Gasteiger partial charge in [0, 0.05) is 26.1 Å². The van der Waals surface area contributed by atoms with Crippen LogP contribution >= 0.6 is 0 Å². The van der Waals surface area contributed by atoms with Crippen molar-refractivity contribution in [2.24, 2.45) is 11.8 Å². The van der Waals surface area contributed by atoms with Crippen molar-refractivity contribution in [3.8, 4) is 17.2 Å². The van der Waals surface area contributed by atoms with Gasteiger partial charge in [-0.1, -0.05) is 32.9 Å². The highest BCUT2D eigenvalue weighted by Crippen LogP contribution is 2.35. The van der Waals surface area contributed by atoms with Gasteiger partial charge in [0.1, 0.15) is 18.5 Å². The van der Waals surface area contributed by atoms with Gasteiger partial charge in [-0.25, -0.2) is 13.2 Å². The highest BCUT2D eigenvalue weighted by molar-refractivity contribution is 7.89. The van der Waals surface area contributed by atoms with Crippen LogP contribution in [0.1, 0.15) is 46.1 Å². The highest BCUT2D eigenvalue weighted by Gasteiger charge is 2.44. The molecule has 14 nitrogen and oxygen atoms in total. The lowest BCUT2D eigenvalue weighted by Crippen LogP contribution is -2.51. The van der Waals surface area contributed by atoms with E-state index in [4.69, 9.17) is 28.4 Å². The van der Waals surface area contributed by atoms with Gasteiger partial charge >= 0.3 is 6.09 Å². The molecule has 3 heterocycles. The second-order valence-corrected chi connectivity index (χ2v) is 14.9. The molecule has 6 atom stereocenters. The first kappa shape index (κ1) is 36.6. The lowest BCUT2D eigenvalue weighted by molar-refractivity contribution is -0.119. The molecule has 0 spiro atoms. The van der Waals surface area contributed by atoms with E-state index < -0.39 is 40.7 Å². The summed E-state index contributed by atoms with van der Waals surface area (Å²) in [6, 6.07) is 10.5. The normalized spacial score (nSPS) is 21.7. The summed E-state index contributed by atoms with van der Waals surface area (Å²) < 4.78 is 62.5. The number of sulfonamides is 1. The molecule has 1 unspecified atom stereocenters. The van der Waals surface area contributed by atoms with Gasteiger partial charge in [0.15, 0.2) is 17.8 Å². The number of nitrogens with one attached hydrogen (secondary N) is 2. The number of aliphatic hydroxyl groups is 1. The zero-order valence-electron chi connectivity index (χ0n) is 28.3. The third-order valence-electron chi connectivity index (χ3n) is 8.68. The highest BCUT2D eigenvalue weighted by atomic mass is 32.2. The topological polar surface area (TPSA) is 171 Å². The fourth-order valence-electron chi connectivity index (χ4n) is 6.08. The van der Waals surface area contributed by atoms with Crippen LogP contribution in [0.3, 0.4) is 0 Å². The number of ether oxygens (including phenoxy) is 6. The van der Waals surface area contributed by atoms with Crippen molar-refractivity contribution >= 4 is 22.0 Å². The molecule has 3 aliphatic heterocycles. The van der Waals surface area contributed by atoms with Gasteiger partial charge in [0.05, 0.1) is 42.2 Å². The minimum absolute atomic E-state index is 0.00154. The number of fused-ring (bicyclic) bond motifs is 2. The lowest BCUT2D eigenvalue weighted by atomic mass is 10.0. The summed E-state index contributed by atoms with van der Waals surface area (Å²) in [7, 11) is -4.08. The van der Waals surface area contributed by atoms with E-state index in [-0.39, 0.29) is 61.6 Å². The molecule has 2 aromatic rings. The Morgan fingerprint density at radius 2 is 1.80 bits per heavy atom. The van der Waals surface area contributed by atoms with Crippen LogP contribution in [0.2, 0.25) is 0 Å². The molecule has 2 saturated heterocycles. The van der Waals surface area contributed by atoms with Crippen LogP contribution in [0, 0.1) is 11.8 Å². The SMILES string of the molecule is CCC(COc1ccc(C[C@H](NC(=O)O[C@H]2CO[C@H]3OCC[C@H]32)[C@H](O)CN(CC(C)C)S(=O)(=O)c2ccc3c(c2)OCO3)cc1)NC(C)=O. The van der Waals surface area contributed by atoms with Gasteiger partial charge in [-0.15, -0.1) is 0 Å². The first-order valence-electron chi connectivity index (χ1n) is 16.7. The molecule has 0 aromatic heterocycles. The number of benzene rings is 2. The number of hydrogen-bond acceptors (Lipinski definition) is 11. The zero-order chi connectivity index (χ0) is 35.1. The van der Waals surface area contributed by atoms with Crippen LogP contribution < -0.4 is 24.8 Å². The van der Waals surface area contributed by atoms with Gasteiger partial charge in [-0.05, 0) is 55.0 Å². The smallest absolute Gasteiger partial charge is 0.407 e. The molecule has 49 heavy (non-hydrogen) atoms. The first-order chi connectivity index (χ1) is 23.4. The lowest BCUT2D eigenvalue weighted by Gasteiger charge is -2.31. The summed E-state index contributed by atoms with van der Waals surface area (Å²) in [6.45, 7) is 8.03. The predicted octanol–water partition coefficient (Wildman–Crippen LogP) is 2.82. The number of alkyl carbamates (subject to hydrolysis) is 1.